The Labute approximate surface area is 130 Å². The molecule has 0 aromatic heterocycles. The molecule has 0 aliphatic carbocycles. The molecule has 7 heteroatoms. The van der Waals surface area contributed by atoms with Crippen LogP contribution >= 0.6 is 7.60 Å². The topological polar surface area (TPSA) is 87.1 Å². The van der Waals surface area contributed by atoms with Gasteiger partial charge >= 0.3 is 13.6 Å². The Morgan fingerprint density at radius 2 is 2.05 bits per heavy atom. The van der Waals surface area contributed by atoms with Crippen LogP contribution in [0, 0.1) is 0 Å². The zero-order valence-corrected chi connectivity index (χ0v) is 13.3. The Morgan fingerprint density at radius 3 is 2.73 bits per heavy atom. The Morgan fingerprint density at radius 1 is 1.32 bits per heavy atom. The second-order valence-corrected chi connectivity index (χ2v) is 7.41. The molecule has 6 nitrogen and oxygen atoms in total. The minimum Gasteiger partial charge on any atom is -0.480 e. The molecule has 0 saturated carbocycles. The number of aryl methyl sites for hydroxylation is 1. The van der Waals surface area contributed by atoms with Crippen molar-refractivity contribution in [1.29, 1.82) is 0 Å². The number of hydroxylamine groups is 2. The minimum atomic E-state index is -3.78. The lowest BCUT2D eigenvalue weighted by Gasteiger charge is -2.23. The van der Waals surface area contributed by atoms with E-state index in [1.165, 1.54) is 5.56 Å². The summed E-state index contributed by atoms with van der Waals surface area (Å²) in [6, 6.07) is 9.12. The zero-order valence-electron chi connectivity index (χ0n) is 12.4. The maximum Gasteiger partial charge on any atom is 0.344 e. The van der Waals surface area contributed by atoms with Crippen LogP contribution in [0.25, 0.3) is 0 Å². The summed E-state index contributed by atoms with van der Waals surface area (Å²) in [4.78, 5) is 20.9. The van der Waals surface area contributed by atoms with Crippen molar-refractivity contribution < 1.29 is 24.0 Å². The molecule has 122 valence electrons. The van der Waals surface area contributed by atoms with Gasteiger partial charge in [0.2, 0.25) is 0 Å². The first kappa shape index (κ1) is 17.2. The molecular formula is C15H22NO5P. The van der Waals surface area contributed by atoms with Crippen molar-refractivity contribution in [3.05, 3.63) is 35.9 Å². The van der Waals surface area contributed by atoms with Gasteiger partial charge in [0.05, 0.1) is 6.16 Å². The van der Waals surface area contributed by atoms with Crippen LogP contribution in [-0.2, 0) is 20.4 Å². The fourth-order valence-electron chi connectivity index (χ4n) is 2.57. The number of rotatable bonds is 8. The zero-order chi connectivity index (χ0) is 16.0. The van der Waals surface area contributed by atoms with Crippen molar-refractivity contribution in [2.24, 2.45) is 0 Å². The molecular weight excluding hydrogens is 305 g/mol. The molecule has 1 aromatic rings. The van der Waals surface area contributed by atoms with Gasteiger partial charge in [0.25, 0.3) is 0 Å². The molecule has 1 aliphatic rings. The lowest BCUT2D eigenvalue weighted by molar-refractivity contribution is -0.155. The normalized spacial score (nSPS) is 21.6. The number of hydrogen-bond donors (Lipinski definition) is 2. The molecule has 2 atom stereocenters. The predicted molar refractivity (Wildman–Crippen MR) is 82.5 cm³/mol. The van der Waals surface area contributed by atoms with Gasteiger partial charge < -0.3 is 10.00 Å². The quantitative estimate of drug-likeness (QED) is 0.564. The molecule has 0 amide bonds. The molecule has 1 aromatic carbocycles. The van der Waals surface area contributed by atoms with Gasteiger partial charge in [0, 0.05) is 6.54 Å². The number of unbranched alkanes of at least 4 members (excludes halogenated alkanes) is 1. The molecule has 1 heterocycles. The van der Waals surface area contributed by atoms with Crippen LogP contribution in [0.3, 0.4) is 0 Å². The van der Waals surface area contributed by atoms with Crippen LogP contribution in [0.5, 0.6) is 0 Å². The van der Waals surface area contributed by atoms with Gasteiger partial charge in [-0.2, -0.15) is 5.06 Å². The van der Waals surface area contributed by atoms with Crippen LogP contribution in [0.15, 0.2) is 30.3 Å². The van der Waals surface area contributed by atoms with Crippen molar-refractivity contribution in [2.75, 3.05) is 12.7 Å². The highest BCUT2D eigenvalue weighted by molar-refractivity contribution is 7.52. The number of carboxylic acid groups (broad SMARTS) is 1. The smallest absolute Gasteiger partial charge is 0.344 e. The highest BCUT2D eigenvalue weighted by Gasteiger charge is 2.36. The average molecular weight is 327 g/mol. The molecule has 1 fully saturated rings. The van der Waals surface area contributed by atoms with Crippen LogP contribution < -0.4 is 0 Å². The monoisotopic (exact) mass is 327 g/mol. The lowest BCUT2D eigenvalue weighted by atomic mass is 10.1. The summed E-state index contributed by atoms with van der Waals surface area (Å²) in [7, 11) is -3.78. The fourth-order valence-corrected chi connectivity index (χ4v) is 3.80. The lowest BCUT2D eigenvalue weighted by Crippen LogP contribution is -2.35. The molecule has 1 aliphatic heterocycles. The maximum atomic E-state index is 12.0. The third kappa shape index (κ3) is 5.21. The number of hydrogen-bond acceptors (Lipinski definition) is 4. The highest BCUT2D eigenvalue weighted by atomic mass is 31.2. The molecule has 22 heavy (non-hydrogen) atoms. The summed E-state index contributed by atoms with van der Waals surface area (Å²) in [6.45, 7) is 0.380. The second kappa shape index (κ2) is 7.88. The van der Waals surface area contributed by atoms with E-state index in [1.54, 1.807) is 0 Å². The van der Waals surface area contributed by atoms with Crippen molar-refractivity contribution in [3.8, 4) is 0 Å². The number of carboxylic acids is 1. The van der Waals surface area contributed by atoms with Crippen LogP contribution in [0.1, 0.15) is 31.2 Å². The first-order valence-corrected chi connectivity index (χ1v) is 9.29. The second-order valence-electron chi connectivity index (χ2n) is 5.52. The Hall–Kier alpha value is -1.20. The highest BCUT2D eigenvalue weighted by Crippen LogP contribution is 2.45. The SMILES string of the molecule is O=C(O)[C@@H]1CCCN1OP(=O)(O)CCCCc1ccccc1. The first-order chi connectivity index (χ1) is 10.5. The summed E-state index contributed by atoms with van der Waals surface area (Å²) in [5, 5.41) is 10.2. The van der Waals surface area contributed by atoms with Crippen LogP contribution in [-0.4, -0.2) is 39.8 Å². The first-order valence-electron chi connectivity index (χ1n) is 7.53. The minimum absolute atomic E-state index is 0.0443. The van der Waals surface area contributed by atoms with Crippen LogP contribution in [0.4, 0.5) is 0 Å². The molecule has 0 radical (unpaired) electrons. The van der Waals surface area contributed by atoms with Gasteiger partial charge in [-0.25, -0.2) is 4.62 Å². The molecule has 2 rings (SSSR count). The summed E-state index contributed by atoms with van der Waals surface area (Å²) in [5.74, 6) is -1.01. The van der Waals surface area contributed by atoms with E-state index in [2.05, 4.69) is 0 Å². The van der Waals surface area contributed by atoms with Crippen molar-refractivity contribution in [1.82, 2.24) is 5.06 Å². The van der Waals surface area contributed by atoms with Crippen molar-refractivity contribution >= 4 is 13.6 Å². The summed E-state index contributed by atoms with van der Waals surface area (Å²) in [6.07, 6.45) is 3.35. The summed E-state index contributed by atoms with van der Waals surface area (Å²) < 4.78 is 17.1. The average Bonchev–Trinajstić information content (AvgIpc) is 2.92. The Balaban J connectivity index is 1.74. The molecule has 2 N–H and O–H groups in total. The van der Waals surface area contributed by atoms with E-state index in [0.717, 1.165) is 17.9 Å². The third-order valence-corrected chi connectivity index (χ3v) is 5.07. The van der Waals surface area contributed by atoms with E-state index in [1.807, 2.05) is 30.3 Å². The van der Waals surface area contributed by atoms with E-state index in [9.17, 15) is 14.3 Å². The fraction of sp³-hybridized carbons (Fsp3) is 0.533. The van der Waals surface area contributed by atoms with Gasteiger partial charge in [0.1, 0.15) is 6.04 Å². The van der Waals surface area contributed by atoms with E-state index in [-0.39, 0.29) is 6.16 Å². The maximum absolute atomic E-state index is 12.0. The van der Waals surface area contributed by atoms with E-state index in [0.29, 0.717) is 25.8 Å². The van der Waals surface area contributed by atoms with Crippen molar-refractivity contribution in [3.63, 3.8) is 0 Å². The molecule has 0 bridgehead atoms. The summed E-state index contributed by atoms with van der Waals surface area (Å²) in [5.41, 5.74) is 1.20. The van der Waals surface area contributed by atoms with Crippen LogP contribution in [0.2, 0.25) is 0 Å². The Bertz CT molecular complexity index is 536. The summed E-state index contributed by atoms with van der Waals surface area (Å²) >= 11 is 0. The van der Waals surface area contributed by atoms with Gasteiger partial charge in [0.15, 0.2) is 0 Å². The Kier molecular flexibility index (Phi) is 6.15. The number of aliphatic carboxylic acids is 1. The van der Waals surface area contributed by atoms with Crippen molar-refractivity contribution in [2.45, 2.75) is 38.1 Å². The predicted octanol–water partition coefficient (Wildman–Crippen LogP) is 2.68. The van der Waals surface area contributed by atoms with Gasteiger partial charge in [-0.1, -0.05) is 30.3 Å². The van der Waals surface area contributed by atoms with E-state index >= 15 is 0 Å². The number of carbonyl (C=O) groups is 1. The third-order valence-electron chi connectivity index (χ3n) is 3.72. The standard InChI is InChI=1S/C15H22NO5P/c17-15(18)14-10-6-11-16(14)21-22(19,20)12-5-4-9-13-7-2-1-3-8-13/h1-3,7-8,14H,4-6,9-12H2,(H,17,18)(H,19,20)/t14-/m0/s1. The number of benzene rings is 1. The van der Waals surface area contributed by atoms with Gasteiger partial charge in [-0.15, -0.1) is 0 Å². The molecule has 1 saturated heterocycles. The van der Waals surface area contributed by atoms with E-state index in [4.69, 9.17) is 9.73 Å². The molecule has 0 spiro atoms. The number of nitrogens with zero attached hydrogens (tertiary/aromatic N) is 1. The largest absolute Gasteiger partial charge is 0.480 e. The van der Waals surface area contributed by atoms with Gasteiger partial charge in [-0.3, -0.25) is 9.36 Å². The van der Waals surface area contributed by atoms with Gasteiger partial charge in [-0.05, 0) is 37.7 Å². The van der Waals surface area contributed by atoms with E-state index < -0.39 is 19.6 Å². The molecule has 1 unspecified atom stereocenters.